The smallest absolute Gasteiger partial charge is 0.503 e. The molecule has 1 unspecified atom stereocenters. The van der Waals surface area contributed by atoms with Gasteiger partial charge in [-0.05, 0) is 6.42 Å². The van der Waals surface area contributed by atoms with Crippen molar-refractivity contribution in [1.29, 1.82) is 0 Å². The molecule has 2 N–H and O–H groups in total. The number of rotatable bonds is 6. The molecule has 2 amide bonds. The van der Waals surface area contributed by atoms with Gasteiger partial charge in [0, 0.05) is 19.9 Å². The van der Waals surface area contributed by atoms with E-state index >= 15 is 0 Å². The van der Waals surface area contributed by atoms with Crippen molar-refractivity contribution in [2.24, 2.45) is 5.41 Å². The molecule has 0 aromatic heterocycles. The summed E-state index contributed by atoms with van der Waals surface area (Å²) in [5.74, 6) is 0.00587. The van der Waals surface area contributed by atoms with E-state index in [4.69, 9.17) is 0 Å². The summed E-state index contributed by atoms with van der Waals surface area (Å²) in [6.45, 7) is 7.53. The third kappa shape index (κ3) is 9.51. The van der Waals surface area contributed by atoms with Crippen LogP contribution in [0.2, 0.25) is 0 Å². The number of carbonyl (C=O) groups excluding carboxylic acids is 2. The minimum Gasteiger partial charge on any atom is -0.503 e. The summed E-state index contributed by atoms with van der Waals surface area (Å²) in [4.78, 5) is 22.7. The van der Waals surface area contributed by atoms with E-state index in [9.17, 15) is 9.59 Å². The SMILES string of the molecule is CCCC1(CCC)C[C-](NC(C)=O)CC(NC(C)=O)C1.[CH3-].[CH3-].[Ti+3]. The van der Waals surface area contributed by atoms with Crippen molar-refractivity contribution >= 4 is 11.8 Å². The van der Waals surface area contributed by atoms with Gasteiger partial charge in [-0.25, -0.2) is 6.04 Å². The average molecular weight is 359 g/mol. The van der Waals surface area contributed by atoms with Crippen molar-refractivity contribution < 1.29 is 31.3 Å². The van der Waals surface area contributed by atoms with Crippen LogP contribution in [-0.2, 0) is 31.3 Å². The molecule has 1 fully saturated rings. The molecular weight excluding hydrogens is 324 g/mol. The van der Waals surface area contributed by atoms with Gasteiger partial charge >= 0.3 is 21.7 Å². The second kappa shape index (κ2) is 13.0. The van der Waals surface area contributed by atoms with E-state index in [0.717, 1.165) is 51.0 Å². The van der Waals surface area contributed by atoms with Gasteiger partial charge in [-0.3, -0.25) is 9.59 Å². The third-order valence-corrected chi connectivity index (χ3v) is 4.08. The van der Waals surface area contributed by atoms with Gasteiger partial charge in [-0.15, -0.1) is 6.42 Å². The second-order valence-electron chi connectivity index (χ2n) is 6.27. The molecular formula is C18H35N2O2Ti. The molecule has 0 heterocycles. The van der Waals surface area contributed by atoms with Gasteiger partial charge in [0.15, 0.2) is 5.91 Å². The van der Waals surface area contributed by atoms with Crippen LogP contribution in [-0.4, -0.2) is 17.9 Å². The molecule has 0 bridgehead atoms. The maximum absolute atomic E-state index is 11.4. The summed E-state index contributed by atoms with van der Waals surface area (Å²) in [5.41, 5.74) is 0.229. The Morgan fingerprint density at radius 1 is 1.09 bits per heavy atom. The van der Waals surface area contributed by atoms with Gasteiger partial charge < -0.3 is 25.5 Å². The van der Waals surface area contributed by atoms with Crippen LogP contribution < -0.4 is 10.6 Å². The molecule has 1 aliphatic rings. The topological polar surface area (TPSA) is 58.2 Å². The molecule has 5 heteroatoms. The Hall–Kier alpha value is -0.346. The number of nitrogens with one attached hydrogen (secondary N) is 2. The predicted molar refractivity (Wildman–Crippen MR) is 93.6 cm³/mol. The summed E-state index contributed by atoms with van der Waals surface area (Å²) in [6, 6.07) is 1.24. The van der Waals surface area contributed by atoms with Crippen LogP contribution in [0.5, 0.6) is 0 Å². The maximum atomic E-state index is 11.4. The van der Waals surface area contributed by atoms with Gasteiger partial charge in [0.2, 0.25) is 5.91 Å². The van der Waals surface area contributed by atoms with Crippen molar-refractivity contribution in [2.45, 2.75) is 78.7 Å². The van der Waals surface area contributed by atoms with Gasteiger partial charge in [0.25, 0.3) is 0 Å². The second-order valence-corrected chi connectivity index (χ2v) is 6.27. The Balaban J connectivity index is -0.00000133. The Bertz CT molecular complexity index is 316. The number of hydrogen-bond donors (Lipinski definition) is 2. The molecule has 1 rings (SSSR count). The van der Waals surface area contributed by atoms with Gasteiger partial charge in [0.05, 0.1) is 0 Å². The Morgan fingerprint density at radius 3 is 2.00 bits per heavy atom. The van der Waals surface area contributed by atoms with E-state index in [0.29, 0.717) is 0 Å². The largest absolute Gasteiger partial charge is 3.00 e. The van der Waals surface area contributed by atoms with Crippen LogP contribution in [0.15, 0.2) is 0 Å². The molecule has 0 saturated heterocycles. The normalized spacial score (nSPS) is 19.4. The monoisotopic (exact) mass is 359 g/mol. The predicted octanol–water partition coefficient (Wildman–Crippen LogP) is 3.83. The molecule has 1 saturated carbocycles. The van der Waals surface area contributed by atoms with Gasteiger partial charge in [0.1, 0.15) is 0 Å². The molecule has 1 atom stereocenters. The molecule has 1 aliphatic carbocycles. The van der Waals surface area contributed by atoms with Crippen molar-refractivity contribution in [3.63, 3.8) is 0 Å². The molecule has 23 heavy (non-hydrogen) atoms. The number of hydrogen-bond acceptors (Lipinski definition) is 2. The number of carbonyl (C=O) groups is 2. The maximum Gasteiger partial charge on any atom is 3.00 e. The zero-order valence-electron chi connectivity index (χ0n) is 15.8. The van der Waals surface area contributed by atoms with Crippen molar-refractivity contribution in [3.8, 4) is 0 Å². The molecule has 1 radical (unpaired) electrons. The Morgan fingerprint density at radius 2 is 1.61 bits per heavy atom. The van der Waals surface area contributed by atoms with Crippen LogP contribution >= 0.6 is 0 Å². The minimum atomic E-state index is -0.00891. The van der Waals surface area contributed by atoms with Crippen LogP contribution in [0.3, 0.4) is 0 Å². The first-order valence-corrected chi connectivity index (χ1v) is 7.80. The molecule has 0 aliphatic heterocycles. The fourth-order valence-electron chi connectivity index (χ4n) is 3.79. The van der Waals surface area contributed by atoms with E-state index in [2.05, 4.69) is 24.5 Å². The van der Waals surface area contributed by atoms with E-state index in [1.165, 1.54) is 0 Å². The van der Waals surface area contributed by atoms with E-state index in [-0.39, 0.29) is 59.8 Å². The first kappa shape index (κ1) is 27.5. The van der Waals surface area contributed by atoms with Crippen molar-refractivity contribution in [1.82, 2.24) is 10.6 Å². The fraction of sp³-hybridized carbons (Fsp3) is 0.722. The first-order valence-electron chi connectivity index (χ1n) is 7.80. The van der Waals surface area contributed by atoms with Crippen LogP contribution in [0.4, 0.5) is 0 Å². The van der Waals surface area contributed by atoms with Crippen LogP contribution in [0.1, 0.15) is 72.6 Å². The Labute approximate surface area is 158 Å². The summed E-state index contributed by atoms with van der Waals surface area (Å²) in [6.07, 6.45) is 7.34. The van der Waals surface area contributed by atoms with E-state index in [1.54, 1.807) is 13.8 Å². The summed E-state index contributed by atoms with van der Waals surface area (Å²) in [5, 5.41) is 6.03. The Kier molecular flexibility index (Phi) is 15.5. The fourth-order valence-corrected chi connectivity index (χ4v) is 3.79. The van der Waals surface area contributed by atoms with Crippen LogP contribution in [0.25, 0.3) is 0 Å². The standard InChI is InChI=1S/C16H29N2O2.2CH3.Ti/c1-5-7-16(8-6-2)10-14(17-12(3)19)9-15(11-16)18-13(4)20;;;/h14H,5-11H2,1-4H3,(H,17,19)(H,18,20);2*1H3;/q3*-1;+3. The van der Waals surface area contributed by atoms with Gasteiger partial charge in [-0.1, -0.05) is 44.9 Å². The van der Waals surface area contributed by atoms with E-state index in [1.807, 2.05) is 0 Å². The van der Waals surface area contributed by atoms with E-state index < -0.39 is 0 Å². The summed E-state index contributed by atoms with van der Waals surface area (Å²) in [7, 11) is 0. The molecule has 0 spiro atoms. The zero-order valence-corrected chi connectivity index (χ0v) is 17.4. The molecule has 0 aromatic carbocycles. The first-order chi connectivity index (χ1) is 9.40. The number of amides is 2. The zero-order chi connectivity index (χ0) is 15.2. The van der Waals surface area contributed by atoms with Crippen molar-refractivity contribution in [3.05, 3.63) is 20.9 Å². The minimum absolute atomic E-state index is 0. The summed E-state index contributed by atoms with van der Waals surface area (Å²) < 4.78 is 0. The molecule has 133 valence electrons. The summed E-state index contributed by atoms with van der Waals surface area (Å²) >= 11 is 0. The molecule has 4 nitrogen and oxygen atoms in total. The van der Waals surface area contributed by atoms with Gasteiger partial charge in [-0.2, -0.15) is 6.42 Å². The molecule has 0 aromatic rings. The quantitative estimate of drug-likeness (QED) is 0.559. The third-order valence-electron chi connectivity index (χ3n) is 4.08. The average Bonchev–Trinajstić information content (AvgIpc) is 2.26. The van der Waals surface area contributed by atoms with Crippen molar-refractivity contribution in [2.75, 3.05) is 0 Å². The van der Waals surface area contributed by atoms with Crippen LogP contribution in [0, 0.1) is 26.3 Å².